The van der Waals surface area contributed by atoms with Crippen LogP contribution in [0.25, 0.3) is 11.0 Å². The van der Waals surface area contributed by atoms with Gasteiger partial charge >= 0.3 is 0 Å². The van der Waals surface area contributed by atoms with Gasteiger partial charge in [-0.05, 0) is 41.3 Å². The second kappa shape index (κ2) is 4.72. The van der Waals surface area contributed by atoms with E-state index in [1.165, 1.54) is 0 Å². The molecule has 0 bridgehead atoms. The van der Waals surface area contributed by atoms with Crippen LogP contribution in [0.3, 0.4) is 0 Å². The summed E-state index contributed by atoms with van der Waals surface area (Å²) in [5, 5.41) is 0.866. The predicted molar refractivity (Wildman–Crippen MR) is 76.3 cm³/mol. The van der Waals surface area contributed by atoms with E-state index in [-0.39, 0.29) is 11.4 Å². The van der Waals surface area contributed by atoms with E-state index in [4.69, 9.17) is 4.74 Å². The molecule has 1 N–H and O–H groups in total. The Balaban J connectivity index is 1.91. The van der Waals surface area contributed by atoms with Gasteiger partial charge in [0.15, 0.2) is 5.78 Å². The molecule has 1 aliphatic carbocycles. The number of H-pyrrole nitrogens is 1. The molecule has 0 amide bonds. The molecule has 1 fully saturated rings. The summed E-state index contributed by atoms with van der Waals surface area (Å²) in [7, 11) is 1.69. The Labute approximate surface area is 119 Å². The van der Waals surface area contributed by atoms with E-state index in [9.17, 15) is 4.79 Å². The second-order valence-corrected chi connectivity index (χ2v) is 6.01. The number of carbonyl (C=O) groups excluding carboxylic acids is 1. The number of nitrogens with one attached hydrogen (secondary N) is 1. The van der Waals surface area contributed by atoms with Crippen LogP contribution < -0.4 is 0 Å². The van der Waals surface area contributed by atoms with Crippen molar-refractivity contribution in [2.75, 3.05) is 7.11 Å². The van der Waals surface area contributed by atoms with E-state index >= 15 is 0 Å². The molecule has 100 valence electrons. The number of ether oxygens (including phenoxy) is 1. The summed E-state index contributed by atoms with van der Waals surface area (Å²) in [6.07, 6.45) is 6.99. The molecule has 0 aliphatic heterocycles. The maximum Gasteiger partial charge on any atom is 0.167 e. The Morgan fingerprint density at radius 1 is 1.58 bits per heavy atom. The van der Waals surface area contributed by atoms with Crippen molar-refractivity contribution in [3.63, 3.8) is 0 Å². The van der Waals surface area contributed by atoms with Crippen LogP contribution in [-0.2, 0) is 4.74 Å². The van der Waals surface area contributed by atoms with Crippen LogP contribution >= 0.6 is 15.9 Å². The molecule has 3 rings (SSSR count). The molecular weight excluding hydrogens is 308 g/mol. The van der Waals surface area contributed by atoms with E-state index in [1.54, 1.807) is 19.5 Å². The molecule has 0 radical (unpaired) electrons. The number of aromatic nitrogens is 2. The zero-order valence-electron chi connectivity index (χ0n) is 10.7. The van der Waals surface area contributed by atoms with Gasteiger partial charge in [0.05, 0.1) is 5.60 Å². The van der Waals surface area contributed by atoms with Gasteiger partial charge in [-0.1, -0.05) is 0 Å². The third-order valence-electron chi connectivity index (χ3n) is 3.98. The Kier molecular flexibility index (Phi) is 3.19. The molecule has 5 heteroatoms. The number of ketones is 1. The SMILES string of the molecule is COC1(CC(=O)c2c[nH]c3ncc(Br)cc23)CCC1. The van der Waals surface area contributed by atoms with Crippen molar-refractivity contribution < 1.29 is 9.53 Å². The lowest BCUT2D eigenvalue weighted by atomic mass is 9.76. The number of rotatable bonds is 4. The molecular formula is C14H15BrN2O2. The average molecular weight is 323 g/mol. The van der Waals surface area contributed by atoms with Gasteiger partial charge in [0, 0.05) is 41.3 Å². The van der Waals surface area contributed by atoms with Crippen LogP contribution in [0.5, 0.6) is 0 Å². The molecule has 0 aromatic carbocycles. The molecule has 1 aliphatic rings. The van der Waals surface area contributed by atoms with Gasteiger partial charge in [0.2, 0.25) is 0 Å². The van der Waals surface area contributed by atoms with Gasteiger partial charge in [-0.2, -0.15) is 0 Å². The van der Waals surface area contributed by atoms with Gasteiger partial charge in [-0.3, -0.25) is 4.79 Å². The summed E-state index contributed by atoms with van der Waals surface area (Å²) in [6.45, 7) is 0. The Morgan fingerprint density at radius 2 is 2.37 bits per heavy atom. The topological polar surface area (TPSA) is 55.0 Å². The highest BCUT2D eigenvalue weighted by molar-refractivity contribution is 9.10. The van der Waals surface area contributed by atoms with Crippen molar-refractivity contribution in [3.05, 3.63) is 28.5 Å². The molecule has 0 saturated heterocycles. The Morgan fingerprint density at radius 3 is 3.00 bits per heavy atom. The normalized spacial score (nSPS) is 17.4. The number of hydrogen-bond acceptors (Lipinski definition) is 3. The summed E-state index contributed by atoms with van der Waals surface area (Å²) < 4.78 is 6.40. The van der Waals surface area contributed by atoms with Gasteiger partial charge in [-0.15, -0.1) is 0 Å². The molecule has 2 heterocycles. The van der Waals surface area contributed by atoms with Crippen LogP contribution in [-0.4, -0.2) is 28.5 Å². The number of aromatic amines is 1. The first-order valence-electron chi connectivity index (χ1n) is 6.34. The van der Waals surface area contributed by atoms with Crippen molar-refractivity contribution >= 4 is 32.7 Å². The Hall–Kier alpha value is -1.20. The van der Waals surface area contributed by atoms with Crippen molar-refractivity contribution in [1.29, 1.82) is 0 Å². The summed E-state index contributed by atoms with van der Waals surface area (Å²) >= 11 is 3.39. The van der Waals surface area contributed by atoms with E-state index in [0.717, 1.165) is 34.8 Å². The van der Waals surface area contributed by atoms with Crippen LogP contribution in [0.4, 0.5) is 0 Å². The minimum absolute atomic E-state index is 0.118. The molecule has 0 atom stereocenters. The van der Waals surface area contributed by atoms with Crippen LogP contribution in [0.2, 0.25) is 0 Å². The zero-order chi connectivity index (χ0) is 13.5. The monoisotopic (exact) mass is 322 g/mol. The quantitative estimate of drug-likeness (QED) is 0.877. The average Bonchev–Trinajstić information content (AvgIpc) is 2.76. The number of halogens is 1. The smallest absolute Gasteiger partial charge is 0.167 e. The number of fused-ring (bicyclic) bond motifs is 1. The van der Waals surface area contributed by atoms with E-state index in [1.807, 2.05) is 6.07 Å². The summed E-state index contributed by atoms with van der Waals surface area (Å²) in [5.74, 6) is 0.118. The third-order valence-corrected chi connectivity index (χ3v) is 4.41. The minimum Gasteiger partial charge on any atom is -0.378 e. The van der Waals surface area contributed by atoms with E-state index in [0.29, 0.717) is 12.0 Å². The first kappa shape index (κ1) is 12.8. The summed E-state index contributed by atoms with van der Waals surface area (Å²) in [6, 6.07) is 1.92. The second-order valence-electron chi connectivity index (χ2n) is 5.09. The molecule has 19 heavy (non-hydrogen) atoms. The van der Waals surface area contributed by atoms with E-state index in [2.05, 4.69) is 25.9 Å². The lowest BCUT2D eigenvalue weighted by Crippen LogP contribution is -2.41. The van der Waals surface area contributed by atoms with Crippen molar-refractivity contribution in [1.82, 2.24) is 9.97 Å². The molecule has 2 aromatic heterocycles. The number of carbonyl (C=O) groups is 1. The fraction of sp³-hybridized carbons (Fsp3) is 0.429. The van der Waals surface area contributed by atoms with Gasteiger partial charge < -0.3 is 9.72 Å². The Bertz CT molecular complexity index is 626. The van der Waals surface area contributed by atoms with Crippen LogP contribution in [0.1, 0.15) is 36.0 Å². The lowest BCUT2D eigenvalue weighted by molar-refractivity contribution is -0.0704. The first-order chi connectivity index (χ1) is 9.13. The molecule has 0 unspecified atom stereocenters. The van der Waals surface area contributed by atoms with Crippen molar-refractivity contribution in [2.45, 2.75) is 31.3 Å². The number of nitrogens with zero attached hydrogens (tertiary/aromatic N) is 1. The highest BCUT2D eigenvalue weighted by Gasteiger charge is 2.39. The largest absolute Gasteiger partial charge is 0.378 e. The standard InChI is InChI=1S/C14H15BrN2O2/c1-19-14(3-2-4-14)6-12(18)11-8-17-13-10(11)5-9(15)7-16-13/h5,7-8H,2-4,6H2,1H3,(H,16,17). The van der Waals surface area contributed by atoms with Crippen molar-refractivity contribution in [3.8, 4) is 0 Å². The molecule has 1 saturated carbocycles. The number of Topliss-reactive ketones (excluding diaryl/α,β-unsaturated/α-hetero) is 1. The zero-order valence-corrected chi connectivity index (χ0v) is 12.3. The fourth-order valence-electron chi connectivity index (χ4n) is 2.62. The number of methoxy groups -OCH3 is 1. The van der Waals surface area contributed by atoms with Gasteiger partial charge in [0.25, 0.3) is 0 Å². The van der Waals surface area contributed by atoms with Gasteiger partial charge in [-0.25, -0.2) is 4.98 Å². The molecule has 4 nitrogen and oxygen atoms in total. The maximum atomic E-state index is 12.5. The number of hydrogen-bond donors (Lipinski definition) is 1. The first-order valence-corrected chi connectivity index (χ1v) is 7.14. The summed E-state index contributed by atoms with van der Waals surface area (Å²) in [4.78, 5) is 19.7. The fourth-order valence-corrected chi connectivity index (χ4v) is 2.95. The highest BCUT2D eigenvalue weighted by Crippen LogP contribution is 2.39. The highest BCUT2D eigenvalue weighted by atomic mass is 79.9. The predicted octanol–water partition coefficient (Wildman–Crippen LogP) is 3.47. The van der Waals surface area contributed by atoms with Crippen LogP contribution in [0.15, 0.2) is 22.9 Å². The maximum absolute atomic E-state index is 12.5. The van der Waals surface area contributed by atoms with Gasteiger partial charge in [0.1, 0.15) is 5.65 Å². The number of pyridine rings is 1. The minimum atomic E-state index is -0.236. The van der Waals surface area contributed by atoms with Crippen molar-refractivity contribution in [2.24, 2.45) is 0 Å². The summed E-state index contributed by atoms with van der Waals surface area (Å²) in [5.41, 5.74) is 1.21. The molecule has 2 aromatic rings. The lowest BCUT2D eigenvalue weighted by Gasteiger charge is -2.39. The third kappa shape index (κ3) is 2.21. The molecule has 0 spiro atoms. The van der Waals surface area contributed by atoms with E-state index < -0.39 is 0 Å². The van der Waals surface area contributed by atoms with Crippen LogP contribution in [0, 0.1) is 0 Å².